The summed E-state index contributed by atoms with van der Waals surface area (Å²) in [6.45, 7) is 3.85. The van der Waals surface area contributed by atoms with Gasteiger partial charge in [-0.1, -0.05) is 13.3 Å². The molecule has 1 saturated heterocycles. The Balaban J connectivity index is 1.53. The Morgan fingerprint density at radius 3 is 2.87 bits per heavy atom. The first-order chi connectivity index (χ1) is 11.3. The molecule has 0 spiro atoms. The van der Waals surface area contributed by atoms with E-state index >= 15 is 0 Å². The van der Waals surface area contributed by atoms with E-state index in [9.17, 15) is 4.79 Å². The highest BCUT2D eigenvalue weighted by Gasteiger charge is 2.25. The van der Waals surface area contributed by atoms with E-state index in [1.807, 2.05) is 4.90 Å². The number of hydrogen-bond donors (Lipinski definition) is 1. The maximum Gasteiger partial charge on any atom is 0.257 e. The van der Waals surface area contributed by atoms with Gasteiger partial charge in [0.1, 0.15) is 6.26 Å². The molecule has 0 radical (unpaired) electrons. The minimum Gasteiger partial charge on any atom is -0.472 e. The van der Waals surface area contributed by atoms with Crippen LogP contribution in [0, 0.1) is 0 Å². The van der Waals surface area contributed by atoms with Gasteiger partial charge in [0, 0.05) is 25.2 Å². The van der Waals surface area contributed by atoms with Crippen molar-refractivity contribution in [3.05, 3.63) is 46.5 Å². The molecule has 1 amide bonds. The lowest BCUT2D eigenvalue weighted by molar-refractivity contribution is 0.0700. The first kappa shape index (κ1) is 16.3. The lowest BCUT2D eigenvalue weighted by atomic mass is 9.99. The van der Waals surface area contributed by atoms with Crippen molar-refractivity contribution in [2.75, 3.05) is 13.1 Å². The molecule has 3 heterocycles. The molecule has 0 aliphatic carbocycles. The van der Waals surface area contributed by atoms with E-state index in [2.05, 4.69) is 29.1 Å². The third-order valence-corrected chi connectivity index (χ3v) is 5.21. The number of likely N-dealkylation sites (tertiary alicyclic amines) is 1. The summed E-state index contributed by atoms with van der Waals surface area (Å²) in [4.78, 5) is 14.3. The van der Waals surface area contributed by atoms with Gasteiger partial charge in [0.25, 0.3) is 5.91 Å². The number of piperidine rings is 1. The molecule has 124 valence electrons. The van der Waals surface area contributed by atoms with Gasteiger partial charge in [-0.3, -0.25) is 4.79 Å². The maximum atomic E-state index is 12.3. The average Bonchev–Trinajstić information content (AvgIpc) is 3.28. The Bertz CT molecular complexity index is 587. The quantitative estimate of drug-likeness (QED) is 0.867. The fourth-order valence-corrected chi connectivity index (χ4v) is 3.92. The van der Waals surface area contributed by atoms with Gasteiger partial charge in [-0.15, -0.1) is 0 Å². The molecule has 0 bridgehead atoms. The summed E-state index contributed by atoms with van der Waals surface area (Å²) in [6, 6.07) is 4.88. The molecule has 3 rings (SSSR count). The average molecular weight is 332 g/mol. The Morgan fingerprint density at radius 1 is 1.43 bits per heavy atom. The monoisotopic (exact) mass is 332 g/mol. The standard InChI is InChI=1S/C18H24N2O2S/c1-2-3-17(15-7-11-23-13-15)19-16-4-8-20(9-5-16)18(21)14-6-10-22-12-14/h6-7,10-13,16-17,19H,2-5,8-9H2,1H3/t17-/m1/s1. The zero-order valence-corrected chi connectivity index (χ0v) is 14.3. The van der Waals surface area contributed by atoms with E-state index in [1.54, 1.807) is 23.7 Å². The fourth-order valence-electron chi connectivity index (χ4n) is 3.21. The summed E-state index contributed by atoms with van der Waals surface area (Å²) >= 11 is 1.76. The van der Waals surface area contributed by atoms with Crippen LogP contribution in [0.15, 0.2) is 39.8 Å². The summed E-state index contributed by atoms with van der Waals surface area (Å²) in [7, 11) is 0. The normalized spacial score (nSPS) is 17.3. The molecule has 23 heavy (non-hydrogen) atoms. The number of rotatable bonds is 6. The molecule has 2 aromatic rings. The summed E-state index contributed by atoms with van der Waals surface area (Å²) in [5, 5.41) is 8.19. The SMILES string of the molecule is CCC[C@@H](NC1CCN(C(=O)c2ccoc2)CC1)c1ccsc1. The molecular formula is C18H24N2O2S. The van der Waals surface area contributed by atoms with Crippen LogP contribution in [-0.4, -0.2) is 29.9 Å². The van der Waals surface area contributed by atoms with E-state index < -0.39 is 0 Å². The number of amides is 1. The van der Waals surface area contributed by atoms with Crippen LogP contribution >= 0.6 is 11.3 Å². The molecule has 5 heteroatoms. The summed E-state index contributed by atoms with van der Waals surface area (Å²) < 4.78 is 5.01. The van der Waals surface area contributed by atoms with Gasteiger partial charge in [0.15, 0.2) is 0 Å². The molecule has 1 atom stereocenters. The van der Waals surface area contributed by atoms with Crippen LogP contribution in [0.3, 0.4) is 0 Å². The molecule has 1 aliphatic rings. The highest BCUT2D eigenvalue weighted by atomic mass is 32.1. The zero-order chi connectivity index (χ0) is 16.1. The van der Waals surface area contributed by atoms with Crippen LogP contribution < -0.4 is 5.32 Å². The molecular weight excluding hydrogens is 308 g/mol. The van der Waals surface area contributed by atoms with Crippen molar-refractivity contribution < 1.29 is 9.21 Å². The summed E-state index contributed by atoms with van der Waals surface area (Å²) in [5.41, 5.74) is 2.05. The van der Waals surface area contributed by atoms with Crippen molar-refractivity contribution in [1.82, 2.24) is 10.2 Å². The summed E-state index contributed by atoms with van der Waals surface area (Å²) in [6.07, 6.45) is 7.43. The van der Waals surface area contributed by atoms with Crippen LogP contribution in [0.4, 0.5) is 0 Å². The van der Waals surface area contributed by atoms with E-state index in [-0.39, 0.29) is 5.91 Å². The number of hydrogen-bond acceptors (Lipinski definition) is 4. The highest BCUT2D eigenvalue weighted by molar-refractivity contribution is 7.07. The van der Waals surface area contributed by atoms with Gasteiger partial charge >= 0.3 is 0 Å². The predicted molar refractivity (Wildman–Crippen MR) is 92.7 cm³/mol. The molecule has 0 aromatic carbocycles. The van der Waals surface area contributed by atoms with Gasteiger partial charge in [-0.2, -0.15) is 11.3 Å². The smallest absolute Gasteiger partial charge is 0.257 e. The second-order valence-corrected chi connectivity index (χ2v) is 6.92. The van der Waals surface area contributed by atoms with Gasteiger partial charge in [-0.25, -0.2) is 0 Å². The third-order valence-electron chi connectivity index (χ3n) is 4.51. The summed E-state index contributed by atoms with van der Waals surface area (Å²) in [5.74, 6) is 0.0835. The second-order valence-electron chi connectivity index (χ2n) is 6.14. The van der Waals surface area contributed by atoms with Crippen LogP contribution in [0.5, 0.6) is 0 Å². The largest absolute Gasteiger partial charge is 0.472 e. The van der Waals surface area contributed by atoms with Gasteiger partial charge < -0.3 is 14.6 Å². The number of thiophene rings is 1. The van der Waals surface area contributed by atoms with Gasteiger partial charge in [0.05, 0.1) is 11.8 Å². The van der Waals surface area contributed by atoms with Crippen molar-refractivity contribution in [1.29, 1.82) is 0 Å². The molecule has 2 aromatic heterocycles. The second kappa shape index (κ2) is 7.79. The first-order valence-corrected chi connectivity index (χ1v) is 9.32. The van der Waals surface area contributed by atoms with Gasteiger partial charge in [-0.05, 0) is 47.7 Å². The molecule has 0 unspecified atom stereocenters. The van der Waals surface area contributed by atoms with E-state index in [4.69, 9.17) is 4.42 Å². The Morgan fingerprint density at radius 2 is 2.26 bits per heavy atom. The molecule has 0 saturated carbocycles. The molecule has 4 nitrogen and oxygen atoms in total. The van der Waals surface area contributed by atoms with Crippen molar-refractivity contribution in [2.45, 2.75) is 44.7 Å². The molecule has 1 aliphatic heterocycles. The Labute approximate surface area is 141 Å². The zero-order valence-electron chi connectivity index (χ0n) is 13.5. The first-order valence-electron chi connectivity index (χ1n) is 8.37. The van der Waals surface area contributed by atoms with Gasteiger partial charge in [0.2, 0.25) is 0 Å². The Kier molecular flexibility index (Phi) is 5.51. The predicted octanol–water partition coefficient (Wildman–Crippen LogP) is 4.08. The lowest BCUT2D eigenvalue weighted by Gasteiger charge is -2.34. The highest BCUT2D eigenvalue weighted by Crippen LogP contribution is 2.24. The topological polar surface area (TPSA) is 45.5 Å². The third kappa shape index (κ3) is 4.03. The van der Waals surface area contributed by atoms with Crippen molar-refractivity contribution in [3.8, 4) is 0 Å². The minimum atomic E-state index is 0.0835. The van der Waals surface area contributed by atoms with Crippen molar-refractivity contribution in [3.63, 3.8) is 0 Å². The van der Waals surface area contributed by atoms with Crippen LogP contribution in [-0.2, 0) is 0 Å². The van der Waals surface area contributed by atoms with E-state index in [1.165, 1.54) is 18.2 Å². The van der Waals surface area contributed by atoms with Crippen molar-refractivity contribution in [2.24, 2.45) is 0 Å². The minimum absolute atomic E-state index is 0.0835. The van der Waals surface area contributed by atoms with Crippen LogP contribution in [0.2, 0.25) is 0 Å². The number of carbonyl (C=O) groups is 1. The van der Waals surface area contributed by atoms with E-state index in [0.29, 0.717) is 17.6 Å². The lowest BCUT2D eigenvalue weighted by Crippen LogP contribution is -2.45. The van der Waals surface area contributed by atoms with Crippen LogP contribution in [0.1, 0.15) is 54.6 Å². The fraction of sp³-hybridized carbons (Fsp3) is 0.500. The van der Waals surface area contributed by atoms with E-state index in [0.717, 1.165) is 32.4 Å². The number of nitrogens with one attached hydrogen (secondary N) is 1. The van der Waals surface area contributed by atoms with Crippen molar-refractivity contribution >= 4 is 17.2 Å². The molecule has 1 N–H and O–H groups in total. The van der Waals surface area contributed by atoms with Crippen LogP contribution in [0.25, 0.3) is 0 Å². The molecule has 1 fully saturated rings. The number of nitrogens with zero attached hydrogens (tertiary/aromatic N) is 1. The Hall–Kier alpha value is -1.59. The number of furan rings is 1. The maximum absolute atomic E-state index is 12.3. The number of carbonyl (C=O) groups excluding carboxylic acids is 1.